The van der Waals surface area contributed by atoms with Crippen molar-refractivity contribution in [2.24, 2.45) is 5.92 Å². The van der Waals surface area contributed by atoms with Crippen molar-refractivity contribution in [2.75, 3.05) is 6.61 Å². The number of rotatable bonds is 8. The topological polar surface area (TPSA) is 9.23 Å². The third-order valence-electron chi connectivity index (χ3n) is 3.36. The van der Waals surface area contributed by atoms with Gasteiger partial charge in [0.05, 0.1) is 6.61 Å². The SMILES string of the molecule is Fc1ccc(OCCCCCCC2CC2)cc1F. The highest BCUT2D eigenvalue weighted by molar-refractivity contribution is 5.23. The largest absolute Gasteiger partial charge is 0.493 e. The van der Waals surface area contributed by atoms with Crippen molar-refractivity contribution in [3.8, 4) is 5.75 Å². The number of ether oxygens (including phenoxy) is 1. The lowest BCUT2D eigenvalue weighted by molar-refractivity contribution is 0.301. The van der Waals surface area contributed by atoms with Gasteiger partial charge in [0.1, 0.15) is 5.75 Å². The maximum atomic E-state index is 12.9. The van der Waals surface area contributed by atoms with Crippen LogP contribution in [0.3, 0.4) is 0 Å². The van der Waals surface area contributed by atoms with E-state index in [-0.39, 0.29) is 0 Å². The van der Waals surface area contributed by atoms with Crippen LogP contribution in [0.25, 0.3) is 0 Å². The second-order valence-corrected chi connectivity index (χ2v) is 5.07. The summed E-state index contributed by atoms with van der Waals surface area (Å²) in [4.78, 5) is 0. The van der Waals surface area contributed by atoms with E-state index in [4.69, 9.17) is 4.74 Å². The van der Waals surface area contributed by atoms with Gasteiger partial charge in [-0.3, -0.25) is 0 Å². The maximum absolute atomic E-state index is 12.9. The summed E-state index contributed by atoms with van der Waals surface area (Å²) in [7, 11) is 0. The average molecular weight is 254 g/mol. The Balaban J connectivity index is 1.52. The van der Waals surface area contributed by atoms with Crippen molar-refractivity contribution in [1.29, 1.82) is 0 Å². The summed E-state index contributed by atoms with van der Waals surface area (Å²) >= 11 is 0. The van der Waals surface area contributed by atoms with Gasteiger partial charge in [0.2, 0.25) is 0 Å². The summed E-state index contributed by atoms with van der Waals surface area (Å²) in [5.74, 6) is -0.255. The molecule has 1 fully saturated rings. The van der Waals surface area contributed by atoms with Crippen LogP contribution < -0.4 is 4.74 Å². The second-order valence-electron chi connectivity index (χ2n) is 5.07. The third kappa shape index (κ3) is 4.63. The van der Waals surface area contributed by atoms with Crippen molar-refractivity contribution in [1.82, 2.24) is 0 Å². The molecule has 1 saturated carbocycles. The Bertz CT molecular complexity index is 375. The summed E-state index contributed by atoms with van der Waals surface area (Å²) < 4.78 is 30.9. The van der Waals surface area contributed by atoms with Crippen LogP contribution >= 0.6 is 0 Å². The lowest BCUT2D eigenvalue weighted by Gasteiger charge is -2.06. The van der Waals surface area contributed by atoms with Crippen LogP contribution in [0, 0.1) is 17.6 Å². The number of halogens is 2. The molecule has 0 heterocycles. The lowest BCUT2D eigenvalue weighted by atomic mass is 10.1. The molecule has 0 bridgehead atoms. The molecule has 1 nitrogen and oxygen atoms in total. The zero-order chi connectivity index (χ0) is 12.8. The Morgan fingerprint density at radius 2 is 1.78 bits per heavy atom. The molecule has 0 atom stereocenters. The molecule has 0 N–H and O–H groups in total. The van der Waals surface area contributed by atoms with Crippen LogP contribution in [0.4, 0.5) is 8.78 Å². The first kappa shape index (κ1) is 13.3. The molecule has 1 aromatic carbocycles. The maximum Gasteiger partial charge on any atom is 0.162 e. The van der Waals surface area contributed by atoms with E-state index >= 15 is 0 Å². The van der Waals surface area contributed by atoms with Gasteiger partial charge in [0.25, 0.3) is 0 Å². The second kappa shape index (κ2) is 6.72. The molecule has 3 heteroatoms. The molecule has 0 spiro atoms. The number of hydrogen-bond acceptors (Lipinski definition) is 1. The first-order valence-corrected chi connectivity index (χ1v) is 6.83. The standard InChI is InChI=1S/C15H20F2O/c16-14-9-8-13(11-15(14)17)18-10-4-2-1-3-5-12-6-7-12/h8-9,11-12H,1-7,10H2. The van der Waals surface area contributed by atoms with E-state index in [1.165, 1.54) is 38.2 Å². The van der Waals surface area contributed by atoms with Crippen LogP contribution in [-0.4, -0.2) is 6.61 Å². The van der Waals surface area contributed by atoms with E-state index < -0.39 is 11.6 Å². The van der Waals surface area contributed by atoms with Crippen molar-refractivity contribution >= 4 is 0 Å². The van der Waals surface area contributed by atoms with Gasteiger partial charge in [0.15, 0.2) is 11.6 Å². The van der Waals surface area contributed by atoms with Crippen LogP contribution in [-0.2, 0) is 0 Å². The molecular weight excluding hydrogens is 234 g/mol. The zero-order valence-corrected chi connectivity index (χ0v) is 10.6. The predicted octanol–water partition coefficient (Wildman–Crippen LogP) is 4.70. The van der Waals surface area contributed by atoms with E-state index in [2.05, 4.69) is 0 Å². The lowest BCUT2D eigenvalue weighted by Crippen LogP contribution is -1.98. The molecule has 0 unspecified atom stereocenters. The summed E-state index contributed by atoms with van der Waals surface area (Å²) in [5, 5.41) is 0. The molecule has 2 rings (SSSR count). The molecule has 0 radical (unpaired) electrons. The zero-order valence-electron chi connectivity index (χ0n) is 10.6. The summed E-state index contributed by atoms with van der Waals surface area (Å²) in [6.07, 6.45) is 8.93. The van der Waals surface area contributed by atoms with E-state index in [1.807, 2.05) is 0 Å². The third-order valence-corrected chi connectivity index (χ3v) is 3.36. The molecule has 1 aliphatic carbocycles. The van der Waals surface area contributed by atoms with Gasteiger partial charge in [-0.15, -0.1) is 0 Å². The minimum Gasteiger partial charge on any atom is -0.493 e. The minimum absolute atomic E-state index is 0.409. The molecule has 0 saturated heterocycles. The molecule has 18 heavy (non-hydrogen) atoms. The van der Waals surface area contributed by atoms with Crippen LogP contribution in [0.1, 0.15) is 44.9 Å². The number of unbranched alkanes of at least 4 members (excludes halogenated alkanes) is 3. The van der Waals surface area contributed by atoms with Gasteiger partial charge >= 0.3 is 0 Å². The highest BCUT2D eigenvalue weighted by Crippen LogP contribution is 2.34. The van der Waals surface area contributed by atoms with Crippen molar-refractivity contribution in [3.63, 3.8) is 0 Å². The van der Waals surface area contributed by atoms with Gasteiger partial charge < -0.3 is 4.74 Å². The van der Waals surface area contributed by atoms with Crippen LogP contribution in [0.5, 0.6) is 5.75 Å². The van der Waals surface area contributed by atoms with Crippen molar-refractivity contribution in [2.45, 2.75) is 44.9 Å². The number of benzene rings is 1. The first-order valence-electron chi connectivity index (χ1n) is 6.83. The quantitative estimate of drug-likeness (QED) is 0.611. The molecule has 1 aromatic rings. The van der Waals surface area contributed by atoms with Crippen molar-refractivity contribution < 1.29 is 13.5 Å². The molecular formula is C15H20F2O. The van der Waals surface area contributed by atoms with Crippen LogP contribution in [0.2, 0.25) is 0 Å². The van der Waals surface area contributed by atoms with Gasteiger partial charge in [0, 0.05) is 6.07 Å². The minimum atomic E-state index is -0.850. The Morgan fingerprint density at radius 3 is 2.50 bits per heavy atom. The Kier molecular flexibility index (Phi) is 4.97. The van der Waals surface area contributed by atoms with Gasteiger partial charge in [-0.25, -0.2) is 8.78 Å². The van der Waals surface area contributed by atoms with E-state index in [0.29, 0.717) is 12.4 Å². The predicted molar refractivity (Wildman–Crippen MR) is 67.7 cm³/mol. The molecule has 0 aliphatic heterocycles. The molecule has 0 aromatic heterocycles. The fraction of sp³-hybridized carbons (Fsp3) is 0.600. The highest BCUT2D eigenvalue weighted by Gasteiger charge is 2.19. The fourth-order valence-electron chi connectivity index (χ4n) is 2.05. The van der Waals surface area contributed by atoms with Crippen LogP contribution in [0.15, 0.2) is 18.2 Å². The van der Waals surface area contributed by atoms with Gasteiger partial charge in [-0.2, -0.15) is 0 Å². The monoisotopic (exact) mass is 254 g/mol. The molecule has 0 amide bonds. The van der Waals surface area contributed by atoms with Crippen molar-refractivity contribution in [3.05, 3.63) is 29.8 Å². The Hall–Kier alpha value is -1.12. The molecule has 1 aliphatic rings. The summed E-state index contributed by atoms with van der Waals surface area (Å²) in [5.41, 5.74) is 0. The van der Waals surface area contributed by atoms with Gasteiger partial charge in [-0.1, -0.05) is 38.5 Å². The van der Waals surface area contributed by atoms with E-state index in [1.54, 1.807) is 0 Å². The average Bonchev–Trinajstić information content (AvgIpc) is 3.16. The number of hydrogen-bond donors (Lipinski definition) is 0. The Morgan fingerprint density at radius 1 is 1.00 bits per heavy atom. The smallest absolute Gasteiger partial charge is 0.162 e. The van der Waals surface area contributed by atoms with E-state index in [0.717, 1.165) is 30.9 Å². The Labute approximate surface area is 107 Å². The highest BCUT2D eigenvalue weighted by atomic mass is 19.2. The summed E-state index contributed by atoms with van der Waals surface area (Å²) in [6.45, 7) is 0.578. The fourth-order valence-corrected chi connectivity index (χ4v) is 2.05. The molecule has 100 valence electrons. The first-order chi connectivity index (χ1) is 8.75. The van der Waals surface area contributed by atoms with E-state index in [9.17, 15) is 8.78 Å². The summed E-state index contributed by atoms with van der Waals surface area (Å²) in [6, 6.07) is 3.66. The normalized spacial score (nSPS) is 14.8. The van der Waals surface area contributed by atoms with Gasteiger partial charge in [-0.05, 0) is 24.5 Å².